The highest BCUT2D eigenvalue weighted by molar-refractivity contribution is 5.57. The molecular formula is C25H28F2N6O2. The van der Waals surface area contributed by atoms with E-state index >= 15 is 0 Å². The number of piperidine rings is 1. The maximum absolute atomic E-state index is 13.4. The molecule has 8 nitrogen and oxygen atoms in total. The average molecular weight is 483 g/mol. The van der Waals surface area contributed by atoms with Gasteiger partial charge >= 0.3 is 0 Å². The molecule has 0 amide bonds. The smallest absolute Gasteiger partial charge is 0.234 e. The normalized spacial score (nSPS) is 18.9. The molecule has 2 fully saturated rings. The van der Waals surface area contributed by atoms with Gasteiger partial charge in [0.05, 0.1) is 6.61 Å². The molecule has 0 aliphatic carbocycles. The first kappa shape index (κ1) is 23.4. The van der Waals surface area contributed by atoms with Crippen LogP contribution >= 0.6 is 0 Å². The zero-order valence-corrected chi connectivity index (χ0v) is 19.5. The number of nitrogens with zero attached hydrogens (tertiary/aromatic N) is 5. The van der Waals surface area contributed by atoms with Gasteiger partial charge in [-0.05, 0) is 48.5 Å². The summed E-state index contributed by atoms with van der Waals surface area (Å²) in [6.45, 7) is 3.41. The fraction of sp³-hybridized carbons (Fsp3) is 0.400. The Morgan fingerprint density at radius 1 is 0.971 bits per heavy atom. The van der Waals surface area contributed by atoms with Crippen molar-refractivity contribution in [3.63, 3.8) is 0 Å². The fourth-order valence-corrected chi connectivity index (χ4v) is 4.20. The summed E-state index contributed by atoms with van der Waals surface area (Å²) in [6.07, 6.45) is 1.32. The van der Waals surface area contributed by atoms with E-state index in [4.69, 9.17) is 24.4 Å². The lowest BCUT2D eigenvalue weighted by atomic mass is 10.1. The lowest BCUT2D eigenvalue weighted by Crippen LogP contribution is -2.40. The van der Waals surface area contributed by atoms with Crippen molar-refractivity contribution in [2.45, 2.75) is 25.0 Å². The van der Waals surface area contributed by atoms with Crippen LogP contribution in [-0.2, 0) is 4.74 Å². The fourth-order valence-electron chi connectivity index (χ4n) is 4.20. The topological polar surface area (TPSA) is 75.6 Å². The zero-order chi connectivity index (χ0) is 24.2. The summed E-state index contributed by atoms with van der Waals surface area (Å²) >= 11 is 0. The minimum atomic E-state index is -0.299. The highest BCUT2D eigenvalue weighted by Gasteiger charge is 2.27. The number of nitrogens with one attached hydrogen (secondary N) is 1. The predicted octanol–water partition coefficient (Wildman–Crippen LogP) is 3.63. The number of halogens is 2. The van der Waals surface area contributed by atoms with Gasteiger partial charge < -0.3 is 24.6 Å². The molecule has 0 spiro atoms. The summed E-state index contributed by atoms with van der Waals surface area (Å²) < 4.78 is 38.5. The van der Waals surface area contributed by atoms with E-state index in [-0.39, 0.29) is 23.8 Å². The van der Waals surface area contributed by atoms with Gasteiger partial charge in [-0.2, -0.15) is 15.0 Å². The van der Waals surface area contributed by atoms with Crippen LogP contribution in [-0.4, -0.2) is 60.9 Å². The first-order valence-corrected chi connectivity index (χ1v) is 11.8. The summed E-state index contributed by atoms with van der Waals surface area (Å²) in [5, 5.41) is 3.32. The molecule has 2 saturated heterocycles. The van der Waals surface area contributed by atoms with E-state index in [0.717, 1.165) is 25.1 Å². The average Bonchev–Trinajstić information content (AvgIpc) is 2.91. The molecule has 3 aromatic rings. The highest BCUT2D eigenvalue weighted by Crippen LogP contribution is 2.27. The van der Waals surface area contributed by atoms with Gasteiger partial charge in [-0.3, -0.25) is 0 Å². The lowest BCUT2D eigenvalue weighted by Gasteiger charge is -2.33. The zero-order valence-electron chi connectivity index (χ0n) is 19.5. The Balaban J connectivity index is 1.35. The van der Waals surface area contributed by atoms with Crippen LogP contribution in [0.5, 0.6) is 5.75 Å². The summed E-state index contributed by atoms with van der Waals surface area (Å²) in [7, 11) is 1.85. The number of hydrogen-bond donors (Lipinski definition) is 1. The number of anilines is 3. The summed E-state index contributed by atoms with van der Waals surface area (Å²) in [4.78, 5) is 18.1. The van der Waals surface area contributed by atoms with Crippen LogP contribution in [0, 0.1) is 11.6 Å². The molecule has 0 saturated carbocycles. The van der Waals surface area contributed by atoms with Gasteiger partial charge in [0.25, 0.3) is 0 Å². The van der Waals surface area contributed by atoms with Crippen molar-refractivity contribution >= 4 is 17.6 Å². The van der Waals surface area contributed by atoms with Crippen molar-refractivity contribution in [3.05, 3.63) is 66.0 Å². The first-order valence-electron chi connectivity index (χ1n) is 11.8. The molecule has 184 valence electrons. The second-order valence-corrected chi connectivity index (χ2v) is 8.65. The molecule has 10 heteroatoms. The quantitative estimate of drug-likeness (QED) is 0.571. The third-order valence-electron chi connectivity index (χ3n) is 6.20. The number of benzene rings is 2. The van der Waals surface area contributed by atoms with E-state index in [1.165, 1.54) is 24.3 Å². The van der Waals surface area contributed by atoms with E-state index < -0.39 is 0 Å². The maximum atomic E-state index is 13.4. The molecular weight excluding hydrogens is 454 g/mol. The molecule has 35 heavy (non-hydrogen) atoms. The third-order valence-corrected chi connectivity index (χ3v) is 6.20. The van der Waals surface area contributed by atoms with Crippen molar-refractivity contribution < 1.29 is 18.3 Å². The van der Waals surface area contributed by atoms with Gasteiger partial charge in [0.15, 0.2) is 5.82 Å². The first-order chi connectivity index (χ1) is 17.0. The highest BCUT2D eigenvalue weighted by atomic mass is 19.1. The number of ether oxygens (including phenoxy) is 2. The summed E-state index contributed by atoms with van der Waals surface area (Å²) in [5.41, 5.74) is 0.767. The van der Waals surface area contributed by atoms with E-state index in [1.54, 1.807) is 24.3 Å². The summed E-state index contributed by atoms with van der Waals surface area (Å²) in [6, 6.07) is 12.3. The van der Waals surface area contributed by atoms with Gasteiger partial charge in [0.2, 0.25) is 11.9 Å². The second kappa shape index (κ2) is 10.5. The van der Waals surface area contributed by atoms with Gasteiger partial charge in [-0.1, -0.05) is 0 Å². The van der Waals surface area contributed by atoms with Crippen LogP contribution in [0.2, 0.25) is 0 Å². The minimum absolute atomic E-state index is 0.0326. The molecule has 0 bridgehead atoms. The van der Waals surface area contributed by atoms with Crippen molar-refractivity contribution in [3.8, 4) is 5.75 Å². The SMILES string of the molecule is CN(c1ccc(F)cc1)c1nc(C2CNCCO2)nc(N2CCC(Oc3ccc(F)cc3)CC2)n1. The van der Waals surface area contributed by atoms with Crippen molar-refractivity contribution in [1.29, 1.82) is 0 Å². The Kier molecular flexibility index (Phi) is 7.01. The molecule has 0 radical (unpaired) electrons. The largest absolute Gasteiger partial charge is 0.490 e. The third kappa shape index (κ3) is 5.66. The van der Waals surface area contributed by atoms with Crippen molar-refractivity contribution in [1.82, 2.24) is 20.3 Å². The van der Waals surface area contributed by atoms with Crippen LogP contribution < -0.4 is 19.9 Å². The van der Waals surface area contributed by atoms with Crippen LogP contribution in [0.4, 0.5) is 26.4 Å². The molecule has 1 unspecified atom stereocenters. The minimum Gasteiger partial charge on any atom is -0.490 e. The Morgan fingerprint density at radius 2 is 1.66 bits per heavy atom. The molecule has 2 aliphatic heterocycles. The molecule has 2 aliphatic rings. The molecule has 1 N–H and O–H groups in total. The Hall–Kier alpha value is -3.37. The Bertz CT molecular complexity index is 1120. The van der Waals surface area contributed by atoms with Gasteiger partial charge in [0, 0.05) is 51.8 Å². The number of rotatable bonds is 6. The van der Waals surface area contributed by atoms with Crippen LogP contribution in [0.1, 0.15) is 24.8 Å². The number of morpholine rings is 1. The summed E-state index contributed by atoms with van der Waals surface area (Å²) in [5.74, 6) is 1.69. The van der Waals surface area contributed by atoms with Gasteiger partial charge in [0.1, 0.15) is 29.6 Å². The number of hydrogen-bond acceptors (Lipinski definition) is 8. The molecule has 2 aromatic carbocycles. The molecule has 5 rings (SSSR count). The monoisotopic (exact) mass is 482 g/mol. The maximum Gasteiger partial charge on any atom is 0.234 e. The Labute approximate surface area is 202 Å². The predicted molar refractivity (Wildman–Crippen MR) is 128 cm³/mol. The van der Waals surface area contributed by atoms with E-state index in [2.05, 4.69) is 10.2 Å². The van der Waals surface area contributed by atoms with Crippen molar-refractivity contribution in [2.24, 2.45) is 0 Å². The standard InChI is InChI=1S/C25H28F2N6O2/c1-32(19-6-2-17(26)3-7-19)24-29-23(22-16-28-12-15-34-22)30-25(31-24)33-13-10-21(11-14-33)35-20-8-4-18(27)5-9-20/h2-9,21-22,28H,10-16H2,1H3. The molecule has 3 heterocycles. The van der Waals surface area contributed by atoms with Gasteiger partial charge in [-0.15, -0.1) is 0 Å². The van der Waals surface area contributed by atoms with Crippen LogP contribution in [0.25, 0.3) is 0 Å². The van der Waals surface area contributed by atoms with E-state index in [0.29, 0.717) is 49.7 Å². The van der Waals surface area contributed by atoms with Gasteiger partial charge in [-0.25, -0.2) is 8.78 Å². The second-order valence-electron chi connectivity index (χ2n) is 8.65. The molecule has 1 aromatic heterocycles. The molecule has 1 atom stereocenters. The van der Waals surface area contributed by atoms with E-state index in [9.17, 15) is 8.78 Å². The Morgan fingerprint density at radius 3 is 2.31 bits per heavy atom. The lowest BCUT2D eigenvalue weighted by molar-refractivity contribution is 0.0221. The van der Waals surface area contributed by atoms with Crippen LogP contribution in [0.3, 0.4) is 0 Å². The van der Waals surface area contributed by atoms with E-state index in [1.807, 2.05) is 11.9 Å². The van der Waals surface area contributed by atoms with Crippen molar-refractivity contribution in [2.75, 3.05) is 49.6 Å². The number of aromatic nitrogens is 3. The van der Waals surface area contributed by atoms with Crippen LogP contribution in [0.15, 0.2) is 48.5 Å².